The number of amides is 2. The summed E-state index contributed by atoms with van der Waals surface area (Å²) in [6, 6.07) is 14.3. The van der Waals surface area contributed by atoms with Crippen molar-refractivity contribution >= 4 is 35.0 Å². The van der Waals surface area contributed by atoms with Crippen LogP contribution in [-0.4, -0.2) is 52.7 Å². The molecule has 9 heteroatoms. The highest BCUT2D eigenvalue weighted by Gasteiger charge is 2.30. The van der Waals surface area contributed by atoms with Crippen molar-refractivity contribution in [2.45, 2.75) is 19.4 Å². The Morgan fingerprint density at radius 2 is 1.84 bits per heavy atom. The molecule has 0 spiro atoms. The highest BCUT2D eigenvalue weighted by molar-refractivity contribution is 6.32. The number of nitrogens with one attached hydrogen (secondary N) is 1. The minimum Gasteiger partial charge on any atom is -0.492 e. The van der Waals surface area contributed by atoms with Crippen molar-refractivity contribution in [1.82, 2.24) is 20.0 Å². The third-order valence-electron chi connectivity index (χ3n) is 5.43. The maximum atomic E-state index is 13.2. The van der Waals surface area contributed by atoms with Crippen molar-refractivity contribution in [2.24, 2.45) is 0 Å². The first-order chi connectivity index (χ1) is 15.4. The number of hydrogen-bond acceptors (Lipinski definition) is 4. The molecular weight excluding hydrogens is 451 g/mol. The molecule has 1 aromatic heterocycles. The van der Waals surface area contributed by atoms with E-state index in [-0.39, 0.29) is 23.6 Å². The maximum absolute atomic E-state index is 13.2. The van der Waals surface area contributed by atoms with Crippen molar-refractivity contribution in [3.63, 3.8) is 0 Å². The normalized spacial score (nSPS) is 15.6. The summed E-state index contributed by atoms with van der Waals surface area (Å²) in [5.41, 5.74) is 2.10. The first-order valence-corrected chi connectivity index (χ1v) is 10.9. The number of nitrogens with zero attached hydrogens (tertiary/aromatic N) is 3. The van der Waals surface area contributed by atoms with Crippen LogP contribution in [0.2, 0.25) is 10.0 Å². The van der Waals surface area contributed by atoms with Gasteiger partial charge in [-0.15, -0.1) is 0 Å². The molecule has 0 radical (unpaired) electrons. The van der Waals surface area contributed by atoms with Crippen LogP contribution in [0.3, 0.4) is 0 Å². The van der Waals surface area contributed by atoms with E-state index in [1.165, 1.54) is 14.0 Å². The molecule has 3 aromatic rings. The van der Waals surface area contributed by atoms with E-state index in [0.717, 1.165) is 5.56 Å². The number of methoxy groups -OCH3 is 1. The predicted octanol–water partition coefficient (Wildman–Crippen LogP) is 4.21. The van der Waals surface area contributed by atoms with Gasteiger partial charge in [-0.1, -0.05) is 47.5 Å². The highest BCUT2D eigenvalue weighted by Crippen LogP contribution is 2.37. The number of ether oxygens (including phenoxy) is 1. The van der Waals surface area contributed by atoms with Crippen LogP contribution in [0.4, 0.5) is 0 Å². The van der Waals surface area contributed by atoms with Crippen LogP contribution in [0.15, 0.2) is 48.5 Å². The third-order valence-corrected chi connectivity index (χ3v) is 6.00. The van der Waals surface area contributed by atoms with E-state index >= 15 is 0 Å². The molecule has 7 nitrogen and oxygen atoms in total. The first-order valence-electron chi connectivity index (χ1n) is 10.1. The van der Waals surface area contributed by atoms with Crippen LogP contribution in [0.25, 0.3) is 16.9 Å². The molecule has 1 unspecified atom stereocenters. The monoisotopic (exact) mass is 472 g/mol. The van der Waals surface area contributed by atoms with E-state index in [4.69, 9.17) is 27.9 Å². The van der Waals surface area contributed by atoms with E-state index in [9.17, 15) is 9.59 Å². The largest absolute Gasteiger partial charge is 0.492 e. The standard InChI is InChI=1S/C23H22Cl2N4O3/c1-14(30)28-12-11-17(13-28)26-23(31)20-22(32-2)21(15-7-9-16(24)10-8-15)29(27-20)19-6-4-3-5-18(19)25/h3-10,17H,11-13H2,1-2H3,(H,26,31). The number of likely N-dealkylation sites (tertiary alicyclic amines) is 1. The van der Waals surface area contributed by atoms with Gasteiger partial charge in [-0.25, -0.2) is 4.68 Å². The number of para-hydroxylation sites is 1. The SMILES string of the molecule is COc1c(C(=O)NC2CCN(C(C)=O)C2)nn(-c2ccccc2Cl)c1-c1ccc(Cl)cc1. The second kappa shape index (κ2) is 9.22. The zero-order valence-electron chi connectivity index (χ0n) is 17.6. The molecule has 1 aliphatic rings. The van der Waals surface area contributed by atoms with Gasteiger partial charge in [0.25, 0.3) is 5.91 Å². The molecular formula is C23H22Cl2N4O3. The Morgan fingerprint density at radius 3 is 2.47 bits per heavy atom. The Kier molecular flexibility index (Phi) is 6.39. The second-order valence-electron chi connectivity index (χ2n) is 7.52. The maximum Gasteiger partial charge on any atom is 0.275 e. The number of carbonyl (C=O) groups is 2. The fraction of sp³-hybridized carbons (Fsp3) is 0.261. The quantitative estimate of drug-likeness (QED) is 0.603. The smallest absolute Gasteiger partial charge is 0.275 e. The predicted molar refractivity (Wildman–Crippen MR) is 124 cm³/mol. The molecule has 1 saturated heterocycles. The molecule has 1 atom stereocenters. The Balaban J connectivity index is 1.77. The molecule has 1 fully saturated rings. The molecule has 2 aromatic carbocycles. The number of rotatable bonds is 5. The molecule has 1 N–H and O–H groups in total. The van der Waals surface area contributed by atoms with Gasteiger partial charge >= 0.3 is 0 Å². The highest BCUT2D eigenvalue weighted by atomic mass is 35.5. The summed E-state index contributed by atoms with van der Waals surface area (Å²) in [5, 5.41) is 8.64. The van der Waals surface area contributed by atoms with E-state index in [0.29, 0.717) is 46.7 Å². The molecule has 2 amide bonds. The molecule has 0 aliphatic carbocycles. The second-order valence-corrected chi connectivity index (χ2v) is 8.37. The van der Waals surface area contributed by atoms with Gasteiger partial charge in [-0.3, -0.25) is 9.59 Å². The molecule has 0 saturated carbocycles. The van der Waals surface area contributed by atoms with Gasteiger partial charge in [-0.05, 0) is 30.7 Å². The van der Waals surface area contributed by atoms with Gasteiger partial charge in [0.2, 0.25) is 5.91 Å². The van der Waals surface area contributed by atoms with Gasteiger partial charge in [0.15, 0.2) is 11.4 Å². The minimum absolute atomic E-state index is 0.00708. The Hall–Kier alpha value is -3.03. The molecule has 32 heavy (non-hydrogen) atoms. The molecule has 1 aliphatic heterocycles. The van der Waals surface area contributed by atoms with Gasteiger partial charge in [0.05, 0.1) is 17.8 Å². The van der Waals surface area contributed by atoms with Crippen molar-refractivity contribution in [1.29, 1.82) is 0 Å². The van der Waals surface area contributed by atoms with Crippen molar-refractivity contribution < 1.29 is 14.3 Å². The van der Waals surface area contributed by atoms with E-state index in [1.54, 1.807) is 27.8 Å². The zero-order chi connectivity index (χ0) is 22.8. The summed E-state index contributed by atoms with van der Waals surface area (Å²) in [4.78, 5) is 26.5. The topological polar surface area (TPSA) is 76.5 Å². The zero-order valence-corrected chi connectivity index (χ0v) is 19.2. The lowest BCUT2D eigenvalue weighted by molar-refractivity contribution is -0.127. The number of aromatic nitrogens is 2. The Morgan fingerprint density at radius 1 is 1.12 bits per heavy atom. The molecule has 166 valence electrons. The summed E-state index contributed by atoms with van der Waals surface area (Å²) < 4.78 is 7.27. The van der Waals surface area contributed by atoms with Gasteiger partial charge in [-0.2, -0.15) is 5.10 Å². The lowest BCUT2D eigenvalue weighted by Gasteiger charge is -2.14. The number of benzene rings is 2. The van der Waals surface area contributed by atoms with E-state index < -0.39 is 0 Å². The Bertz CT molecular complexity index is 1160. The molecule has 2 heterocycles. The summed E-state index contributed by atoms with van der Waals surface area (Å²) in [7, 11) is 1.50. The fourth-order valence-electron chi connectivity index (χ4n) is 3.82. The average Bonchev–Trinajstić information content (AvgIpc) is 3.39. The van der Waals surface area contributed by atoms with Gasteiger partial charge in [0, 0.05) is 36.6 Å². The van der Waals surface area contributed by atoms with Crippen LogP contribution >= 0.6 is 23.2 Å². The minimum atomic E-state index is -0.377. The van der Waals surface area contributed by atoms with Crippen LogP contribution in [0.1, 0.15) is 23.8 Å². The third kappa shape index (κ3) is 4.31. The summed E-state index contributed by atoms with van der Waals surface area (Å²) in [6.07, 6.45) is 0.683. The first kappa shape index (κ1) is 22.2. The van der Waals surface area contributed by atoms with Crippen molar-refractivity contribution in [2.75, 3.05) is 20.2 Å². The van der Waals surface area contributed by atoms with Gasteiger partial charge in [0.1, 0.15) is 5.69 Å². The van der Waals surface area contributed by atoms with Crippen molar-refractivity contribution in [3.05, 3.63) is 64.3 Å². The van der Waals surface area contributed by atoms with E-state index in [1.807, 2.05) is 30.3 Å². The van der Waals surface area contributed by atoms with E-state index in [2.05, 4.69) is 10.4 Å². The van der Waals surface area contributed by atoms with Crippen LogP contribution in [0.5, 0.6) is 5.75 Å². The van der Waals surface area contributed by atoms with Crippen LogP contribution < -0.4 is 10.1 Å². The number of carbonyl (C=O) groups excluding carboxylic acids is 2. The Labute approximate surface area is 195 Å². The summed E-state index contributed by atoms with van der Waals surface area (Å²) in [6.45, 7) is 2.61. The number of halogens is 2. The average molecular weight is 473 g/mol. The van der Waals surface area contributed by atoms with Crippen molar-refractivity contribution in [3.8, 4) is 22.7 Å². The lowest BCUT2D eigenvalue weighted by Crippen LogP contribution is -2.38. The van der Waals surface area contributed by atoms with Crippen LogP contribution in [0, 0.1) is 0 Å². The molecule has 4 rings (SSSR count). The fourth-order valence-corrected chi connectivity index (χ4v) is 4.16. The summed E-state index contributed by atoms with van der Waals surface area (Å²) >= 11 is 12.5. The summed E-state index contributed by atoms with van der Waals surface area (Å²) in [5.74, 6) is -0.0585. The lowest BCUT2D eigenvalue weighted by atomic mass is 10.1. The van der Waals surface area contributed by atoms with Crippen LogP contribution in [-0.2, 0) is 4.79 Å². The number of hydrogen-bond donors (Lipinski definition) is 1. The molecule has 0 bridgehead atoms. The van der Waals surface area contributed by atoms with Gasteiger partial charge < -0.3 is 15.0 Å².